The fourth-order valence-corrected chi connectivity index (χ4v) is 8.33. The molecule has 5 fully saturated rings. The molecule has 4 saturated carbocycles. The van der Waals surface area contributed by atoms with Gasteiger partial charge in [0.1, 0.15) is 5.60 Å². The van der Waals surface area contributed by atoms with E-state index in [-0.39, 0.29) is 16.6 Å². The normalized spacial score (nSPS) is 60.5. The third-order valence-electron chi connectivity index (χ3n) is 9.57. The van der Waals surface area contributed by atoms with Gasteiger partial charge in [-0.05, 0) is 74.5 Å². The van der Waals surface area contributed by atoms with Crippen LogP contribution in [0.5, 0.6) is 0 Å². The van der Waals surface area contributed by atoms with Crippen LogP contribution >= 0.6 is 0 Å². The first-order valence-corrected chi connectivity index (χ1v) is 10.2. The second-order valence-corrected chi connectivity index (χ2v) is 9.95. The molecule has 4 aliphatic carbocycles. The zero-order valence-corrected chi connectivity index (χ0v) is 15.1. The highest BCUT2D eigenvalue weighted by Crippen LogP contribution is 2.76. The quantitative estimate of drug-likeness (QED) is 0.644. The molecule has 0 aromatic heterocycles. The highest BCUT2D eigenvalue weighted by atomic mass is 16.6. The minimum atomic E-state index is -0.388. The lowest BCUT2D eigenvalue weighted by Crippen LogP contribution is -2.60. The average Bonchev–Trinajstić information content (AvgIpc) is 3.08. The number of hydrogen-bond donors (Lipinski definition) is 0. The smallest absolute Gasteiger partial charge is 0.167 e. The molecule has 2 nitrogen and oxygen atoms in total. The molecule has 5 rings (SSSR count). The Labute approximate surface area is 140 Å². The number of rotatable bonds is 1. The minimum absolute atomic E-state index is 0.0857. The minimum Gasteiger partial charge on any atom is -0.354 e. The van der Waals surface area contributed by atoms with Gasteiger partial charge >= 0.3 is 0 Å². The van der Waals surface area contributed by atoms with Crippen molar-refractivity contribution in [1.29, 1.82) is 0 Å². The number of epoxide rings is 1. The summed E-state index contributed by atoms with van der Waals surface area (Å²) in [6, 6.07) is 0. The maximum Gasteiger partial charge on any atom is 0.167 e. The first-order chi connectivity index (χ1) is 10.9. The van der Waals surface area contributed by atoms with Crippen LogP contribution in [-0.4, -0.2) is 17.0 Å². The monoisotopic (exact) mass is 316 g/mol. The van der Waals surface area contributed by atoms with E-state index in [1.54, 1.807) is 0 Å². The molecular formula is C21H32O2. The summed E-state index contributed by atoms with van der Waals surface area (Å²) in [6.07, 6.45) is 12.3. The van der Waals surface area contributed by atoms with E-state index >= 15 is 0 Å². The number of hydrogen-bond acceptors (Lipinski definition) is 2. The number of ether oxygens (including phenoxy) is 1. The molecule has 0 radical (unpaired) electrons. The van der Waals surface area contributed by atoms with E-state index in [0.717, 1.165) is 43.4 Å². The molecule has 1 heterocycles. The molecule has 128 valence electrons. The van der Waals surface area contributed by atoms with Gasteiger partial charge in [0.05, 0.1) is 0 Å². The van der Waals surface area contributed by atoms with Crippen molar-refractivity contribution in [2.45, 2.75) is 96.2 Å². The Morgan fingerprint density at radius 1 is 1.04 bits per heavy atom. The van der Waals surface area contributed by atoms with E-state index in [0.29, 0.717) is 11.2 Å². The van der Waals surface area contributed by atoms with E-state index in [4.69, 9.17) is 4.74 Å². The molecule has 2 heteroatoms. The number of carbonyl (C=O) groups excluding carboxylic acids is 1. The third-order valence-corrected chi connectivity index (χ3v) is 9.57. The summed E-state index contributed by atoms with van der Waals surface area (Å²) >= 11 is 0. The van der Waals surface area contributed by atoms with Gasteiger partial charge in [0, 0.05) is 11.8 Å². The standard InChI is InChI=1S/C21H32O2/c1-4-20-17(22)9-12-19(3)16-8-11-18(2)10-5-6-15(18)14(16)7-13-21(19,20)23-20/h14-16H,4-13H2,1-3H3/t14-,15-,16-,18-,19+,20+,21-/m0/s1. The summed E-state index contributed by atoms with van der Waals surface area (Å²) in [4.78, 5) is 12.6. The van der Waals surface area contributed by atoms with E-state index in [2.05, 4.69) is 20.8 Å². The second kappa shape index (κ2) is 4.23. The van der Waals surface area contributed by atoms with Crippen molar-refractivity contribution in [3.05, 3.63) is 0 Å². The summed E-state index contributed by atoms with van der Waals surface area (Å²) in [5.74, 6) is 3.06. The van der Waals surface area contributed by atoms with Crippen molar-refractivity contribution in [3.8, 4) is 0 Å². The molecule has 0 unspecified atom stereocenters. The van der Waals surface area contributed by atoms with Crippen LogP contribution < -0.4 is 0 Å². The lowest BCUT2D eigenvalue weighted by Gasteiger charge is -2.59. The van der Waals surface area contributed by atoms with Gasteiger partial charge in [-0.2, -0.15) is 0 Å². The zero-order valence-electron chi connectivity index (χ0n) is 15.1. The fraction of sp³-hybridized carbons (Fsp3) is 0.952. The molecule has 0 N–H and O–H groups in total. The van der Waals surface area contributed by atoms with Crippen LogP contribution in [0.3, 0.4) is 0 Å². The molecule has 7 atom stereocenters. The number of carbonyl (C=O) groups is 1. The maximum atomic E-state index is 12.6. The van der Waals surface area contributed by atoms with Gasteiger partial charge < -0.3 is 4.74 Å². The first kappa shape index (κ1) is 14.9. The number of fused-ring (bicyclic) bond motifs is 4. The molecule has 1 spiro atoms. The molecule has 0 bridgehead atoms. The summed E-state index contributed by atoms with van der Waals surface area (Å²) in [5, 5.41) is 0. The van der Waals surface area contributed by atoms with E-state index < -0.39 is 0 Å². The van der Waals surface area contributed by atoms with Gasteiger partial charge in [-0.25, -0.2) is 0 Å². The van der Waals surface area contributed by atoms with Gasteiger partial charge in [0.2, 0.25) is 0 Å². The summed E-state index contributed by atoms with van der Waals surface area (Å²) < 4.78 is 6.46. The van der Waals surface area contributed by atoms with Crippen molar-refractivity contribution in [2.24, 2.45) is 28.6 Å². The first-order valence-electron chi connectivity index (χ1n) is 10.2. The van der Waals surface area contributed by atoms with Gasteiger partial charge in [-0.3, -0.25) is 4.79 Å². The maximum absolute atomic E-state index is 12.6. The Hall–Kier alpha value is -0.370. The third kappa shape index (κ3) is 1.46. The van der Waals surface area contributed by atoms with Crippen LogP contribution in [0.15, 0.2) is 0 Å². The Kier molecular flexibility index (Phi) is 2.75. The Balaban J connectivity index is 1.54. The molecule has 5 aliphatic rings. The molecule has 1 saturated heterocycles. The van der Waals surface area contributed by atoms with E-state index in [1.165, 1.54) is 38.5 Å². The van der Waals surface area contributed by atoms with Crippen LogP contribution in [0.4, 0.5) is 0 Å². The SMILES string of the molecule is CC[C@]12O[C@]13CC[C@H]1[C@@H]4CCC[C@@]4(C)CC[C@@H]1[C@@]3(C)CCC2=O. The van der Waals surface area contributed by atoms with Gasteiger partial charge in [0.25, 0.3) is 0 Å². The van der Waals surface area contributed by atoms with Crippen LogP contribution in [0.2, 0.25) is 0 Å². The topological polar surface area (TPSA) is 29.6 Å². The Morgan fingerprint density at radius 2 is 1.87 bits per heavy atom. The fourth-order valence-electron chi connectivity index (χ4n) is 8.33. The number of Topliss-reactive ketones (excluding diaryl/α,β-unsaturated/α-hetero) is 1. The highest BCUT2D eigenvalue weighted by Gasteiger charge is 2.83. The summed E-state index contributed by atoms with van der Waals surface area (Å²) in [6.45, 7) is 7.24. The van der Waals surface area contributed by atoms with Crippen molar-refractivity contribution < 1.29 is 9.53 Å². The summed E-state index contributed by atoms with van der Waals surface area (Å²) in [7, 11) is 0. The Morgan fingerprint density at radius 3 is 2.65 bits per heavy atom. The van der Waals surface area contributed by atoms with Crippen molar-refractivity contribution in [2.75, 3.05) is 0 Å². The van der Waals surface area contributed by atoms with Gasteiger partial charge in [-0.15, -0.1) is 0 Å². The average molecular weight is 316 g/mol. The molecular weight excluding hydrogens is 284 g/mol. The largest absolute Gasteiger partial charge is 0.354 e. The second-order valence-electron chi connectivity index (χ2n) is 9.95. The number of ketones is 1. The van der Waals surface area contributed by atoms with Crippen molar-refractivity contribution in [1.82, 2.24) is 0 Å². The van der Waals surface area contributed by atoms with Crippen LogP contribution in [-0.2, 0) is 9.53 Å². The predicted octanol–water partition coefficient (Wildman–Crippen LogP) is 4.90. The lowest BCUT2D eigenvalue weighted by molar-refractivity contribution is -0.134. The van der Waals surface area contributed by atoms with Crippen LogP contribution in [0.1, 0.15) is 85.0 Å². The molecule has 0 amide bonds. The lowest BCUT2D eigenvalue weighted by atomic mass is 9.43. The molecule has 1 aliphatic heterocycles. The predicted molar refractivity (Wildman–Crippen MR) is 90.1 cm³/mol. The zero-order chi connectivity index (χ0) is 16.1. The Bertz CT molecular complexity index is 570. The van der Waals surface area contributed by atoms with Gasteiger partial charge in [0.15, 0.2) is 11.4 Å². The van der Waals surface area contributed by atoms with Crippen LogP contribution in [0, 0.1) is 28.6 Å². The molecule has 0 aromatic rings. The molecule has 23 heavy (non-hydrogen) atoms. The van der Waals surface area contributed by atoms with Crippen molar-refractivity contribution >= 4 is 5.78 Å². The highest BCUT2D eigenvalue weighted by molar-refractivity contribution is 5.93. The summed E-state index contributed by atoms with van der Waals surface area (Å²) in [5.41, 5.74) is 0.404. The van der Waals surface area contributed by atoms with Gasteiger partial charge in [-0.1, -0.05) is 27.2 Å². The van der Waals surface area contributed by atoms with E-state index in [9.17, 15) is 4.79 Å². The molecule has 0 aromatic carbocycles. The van der Waals surface area contributed by atoms with E-state index in [1.807, 2.05) is 0 Å². The van der Waals surface area contributed by atoms with Crippen molar-refractivity contribution in [3.63, 3.8) is 0 Å². The van der Waals surface area contributed by atoms with Crippen LogP contribution in [0.25, 0.3) is 0 Å².